The van der Waals surface area contributed by atoms with E-state index >= 15 is 0 Å². The average Bonchev–Trinajstić information content (AvgIpc) is 3.14. The van der Waals surface area contributed by atoms with E-state index < -0.39 is 0 Å². The Morgan fingerprint density at radius 2 is 2.12 bits per heavy atom. The van der Waals surface area contributed by atoms with Crippen LogP contribution in [-0.4, -0.2) is 79.6 Å². The Morgan fingerprint density at radius 1 is 1.33 bits per heavy atom. The number of piperidine rings is 1. The number of aliphatic hydroxyl groups excluding tert-OH is 1. The van der Waals surface area contributed by atoms with Gasteiger partial charge in [0.15, 0.2) is 0 Å². The fourth-order valence-electron chi connectivity index (χ4n) is 3.43. The minimum absolute atomic E-state index is 0.0697. The van der Waals surface area contributed by atoms with Crippen molar-refractivity contribution in [3.05, 3.63) is 11.8 Å². The van der Waals surface area contributed by atoms with Gasteiger partial charge in [0.25, 0.3) is 0 Å². The Labute approximate surface area is 144 Å². The third-order valence-corrected chi connectivity index (χ3v) is 5.07. The molecule has 24 heavy (non-hydrogen) atoms. The first-order chi connectivity index (χ1) is 11.7. The first-order valence-electron chi connectivity index (χ1n) is 8.90. The van der Waals surface area contributed by atoms with Gasteiger partial charge in [0, 0.05) is 38.2 Å². The number of ether oxygens (including phenoxy) is 1. The summed E-state index contributed by atoms with van der Waals surface area (Å²) in [5, 5.41) is 12.2. The van der Waals surface area contributed by atoms with Crippen molar-refractivity contribution in [1.82, 2.24) is 14.9 Å². The lowest BCUT2D eigenvalue weighted by Crippen LogP contribution is -2.42. The van der Waals surface area contributed by atoms with Gasteiger partial charge in [-0.15, -0.1) is 0 Å². The lowest BCUT2D eigenvalue weighted by atomic mass is 10.0. The number of aliphatic hydroxyl groups is 1. The van der Waals surface area contributed by atoms with Crippen LogP contribution in [-0.2, 0) is 4.74 Å². The Morgan fingerprint density at radius 3 is 2.79 bits per heavy atom. The molecule has 2 aliphatic heterocycles. The van der Waals surface area contributed by atoms with Gasteiger partial charge in [-0.2, -0.15) is 4.98 Å². The lowest BCUT2D eigenvalue weighted by Gasteiger charge is -2.36. The smallest absolute Gasteiger partial charge is 0.224 e. The van der Waals surface area contributed by atoms with Crippen LogP contribution < -0.4 is 10.2 Å². The molecule has 3 heterocycles. The predicted molar refractivity (Wildman–Crippen MR) is 94.7 cm³/mol. The van der Waals surface area contributed by atoms with E-state index in [0.29, 0.717) is 24.5 Å². The summed E-state index contributed by atoms with van der Waals surface area (Å²) >= 11 is 0. The molecule has 134 valence electrons. The molecule has 2 saturated heterocycles. The summed E-state index contributed by atoms with van der Waals surface area (Å²) in [4.78, 5) is 14.0. The van der Waals surface area contributed by atoms with Gasteiger partial charge in [-0.1, -0.05) is 0 Å². The summed E-state index contributed by atoms with van der Waals surface area (Å²) in [7, 11) is 4.30. The van der Waals surface area contributed by atoms with Crippen LogP contribution in [0.5, 0.6) is 0 Å². The molecule has 2 fully saturated rings. The summed E-state index contributed by atoms with van der Waals surface area (Å²) in [5.41, 5.74) is 1.04. The van der Waals surface area contributed by atoms with Crippen molar-refractivity contribution in [2.45, 2.75) is 31.2 Å². The second kappa shape index (κ2) is 8.09. The van der Waals surface area contributed by atoms with E-state index in [1.165, 1.54) is 0 Å². The number of rotatable bonds is 6. The number of anilines is 2. The van der Waals surface area contributed by atoms with E-state index in [-0.39, 0.29) is 6.61 Å². The van der Waals surface area contributed by atoms with Crippen LogP contribution in [0.25, 0.3) is 0 Å². The molecule has 0 bridgehead atoms. The first kappa shape index (κ1) is 17.4. The van der Waals surface area contributed by atoms with Crippen LogP contribution in [0.1, 0.15) is 30.9 Å². The van der Waals surface area contributed by atoms with Crippen molar-refractivity contribution < 1.29 is 9.84 Å². The summed E-state index contributed by atoms with van der Waals surface area (Å²) in [6.07, 6.45) is 3.31. The van der Waals surface area contributed by atoms with Crippen LogP contribution in [0.2, 0.25) is 0 Å². The van der Waals surface area contributed by atoms with Crippen LogP contribution in [0.3, 0.4) is 0 Å². The molecule has 0 spiro atoms. The molecule has 1 atom stereocenters. The summed E-state index contributed by atoms with van der Waals surface area (Å²) in [6, 6.07) is 2.62. The Kier molecular flexibility index (Phi) is 5.86. The van der Waals surface area contributed by atoms with Gasteiger partial charge in [0.2, 0.25) is 5.95 Å². The SMILES string of the molecule is CN1CCC(N(C)c2cc([C@@H]3CCOC3)nc(NCCO)n2)CC1. The van der Waals surface area contributed by atoms with Crippen LogP contribution >= 0.6 is 0 Å². The van der Waals surface area contributed by atoms with Crippen molar-refractivity contribution in [1.29, 1.82) is 0 Å². The first-order valence-corrected chi connectivity index (χ1v) is 8.90. The molecule has 1 aromatic heterocycles. The molecule has 0 aromatic carbocycles. The minimum atomic E-state index is 0.0697. The zero-order valence-corrected chi connectivity index (χ0v) is 14.7. The highest BCUT2D eigenvalue weighted by molar-refractivity contribution is 5.46. The highest BCUT2D eigenvalue weighted by Crippen LogP contribution is 2.28. The number of aromatic nitrogens is 2. The second-order valence-electron chi connectivity index (χ2n) is 6.83. The molecule has 3 rings (SSSR count). The largest absolute Gasteiger partial charge is 0.395 e. The van der Waals surface area contributed by atoms with Crippen molar-refractivity contribution >= 4 is 11.8 Å². The van der Waals surface area contributed by atoms with Crippen LogP contribution in [0, 0.1) is 0 Å². The molecule has 0 aliphatic carbocycles. The highest BCUT2D eigenvalue weighted by atomic mass is 16.5. The Balaban J connectivity index is 1.80. The lowest BCUT2D eigenvalue weighted by molar-refractivity contribution is 0.193. The minimum Gasteiger partial charge on any atom is -0.395 e. The van der Waals surface area contributed by atoms with E-state index in [0.717, 1.165) is 57.1 Å². The third-order valence-electron chi connectivity index (χ3n) is 5.07. The standard InChI is InChI=1S/C17H29N5O2/c1-21-7-3-14(4-8-21)22(2)16-11-15(13-5-10-24-12-13)19-17(20-16)18-6-9-23/h11,13-14,23H,3-10,12H2,1-2H3,(H,18,19,20)/t13-/m1/s1. The number of likely N-dealkylation sites (tertiary alicyclic amines) is 1. The molecule has 7 nitrogen and oxygen atoms in total. The second-order valence-corrected chi connectivity index (χ2v) is 6.83. The Bertz CT molecular complexity index is 528. The highest BCUT2D eigenvalue weighted by Gasteiger charge is 2.25. The van der Waals surface area contributed by atoms with Crippen molar-refractivity contribution in [2.75, 3.05) is 63.8 Å². The number of hydrogen-bond acceptors (Lipinski definition) is 7. The fourth-order valence-corrected chi connectivity index (χ4v) is 3.43. The Hall–Kier alpha value is -1.44. The number of hydrogen-bond donors (Lipinski definition) is 2. The van der Waals surface area contributed by atoms with Crippen LogP contribution in [0.4, 0.5) is 11.8 Å². The maximum absolute atomic E-state index is 9.06. The van der Waals surface area contributed by atoms with E-state index in [9.17, 15) is 0 Å². The molecular weight excluding hydrogens is 306 g/mol. The van der Waals surface area contributed by atoms with Gasteiger partial charge in [0.05, 0.1) is 18.9 Å². The van der Waals surface area contributed by atoms with Crippen molar-refractivity contribution in [3.8, 4) is 0 Å². The molecule has 2 N–H and O–H groups in total. The molecular formula is C17H29N5O2. The number of nitrogens with zero attached hydrogens (tertiary/aromatic N) is 4. The van der Waals surface area contributed by atoms with E-state index in [1.807, 2.05) is 0 Å². The topological polar surface area (TPSA) is 73.8 Å². The third kappa shape index (κ3) is 4.15. The summed E-state index contributed by atoms with van der Waals surface area (Å²) in [6.45, 7) is 4.31. The van der Waals surface area contributed by atoms with E-state index in [1.54, 1.807) is 0 Å². The van der Waals surface area contributed by atoms with E-state index in [2.05, 4.69) is 45.2 Å². The maximum Gasteiger partial charge on any atom is 0.224 e. The van der Waals surface area contributed by atoms with Gasteiger partial charge < -0.3 is 25.0 Å². The van der Waals surface area contributed by atoms with Gasteiger partial charge in [-0.3, -0.25) is 0 Å². The maximum atomic E-state index is 9.06. The quantitative estimate of drug-likeness (QED) is 0.800. The van der Waals surface area contributed by atoms with Gasteiger partial charge >= 0.3 is 0 Å². The monoisotopic (exact) mass is 335 g/mol. The molecule has 2 aliphatic rings. The molecule has 1 aromatic rings. The van der Waals surface area contributed by atoms with Crippen LogP contribution in [0.15, 0.2) is 6.07 Å². The molecule has 0 unspecified atom stereocenters. The molecule has 0 saturated carbocycles. The zero-order chi connectivity index (χ0) is 16.9. The van der Waals surface area contributed by atoms with Gasteiger partial charge in [-0.25, -0.2) is 4.98 Å². The predicted octanol–water partition coefficient (Wildman–Crippen LogP) is 0.915. The number of nitrogens with one attached hydrogen (secondary N) is 1. The fraction of sp³-hybridized carbons (Fsp3) is 0.765. The average molecular weight is 335 g/mol. The molecule has 0 radical (unpaired) electrons. The van der Waals surface area contributed by atoms with Gasteiger partial charge in [0.1, 0.15) is 5.82 Å². The summed E-state index contributed by atoms with van der Waals surface area (Å²) in [5.74, 6) is 1.90. The van der Waals surface area contributed by atoms with Crippen molar-refractivity contribution in [3.63, 3.8) is 0 Å². The zero-order valence-electron chi connectivity index (χ0n) is 14.7. The van der Waals surface area contributed by atoms with Gasteiger partial charge in [-0.05, 0) is 39.4 Å². The van der Waals surface area contributed by atoms with E-state index in [4.69, 9.17) is 9.84 Å². The summed E-state index contributed by atoms with van der Waals surface area (Å²) < 4.78 is 5.52. The van der Waals surface area contributed by atoms with Crippen molar-refractivity contribution in [2.24, 2.45) is 0 Å². The molecule has 0 amide bonds. The normalized spacial score (nSPS) is 22.7. The molecule has 7 heteroatoms.